The third kappa shape index (κ3) is 4.13. The summed E-state index contributed by atoms with van der Waals surface area (Å²) in [4.78, 5) is 24.9. The summed E-state index contributed by atoms with van der Waals surface area (Å²) < 4.78 is 6.90. The molecule has 4 N–H and O–H groups in total. The predicted molar refractivity (Wildman–Crippen MR) is 110 cm³/mol. The van der Waals surface area contributed by atoms with Gasteiger partial charge in [-0.05, 0) is 24.1 Å². The molecule has 1 atom stereocenters. The molecule has 1 aromatic carbocycles. The minimum atomic E-state index is -1.26. The summed E-state index contributed by atoms with van der Waals surface area (Å²) in [6, 6.07) is 6.73. The highest BCUT2D eigenvalue weighted by Crippen LogP contribution is 2.36. The SMILES string of the molecule is NCc1cc(-c2cn(CC(=O)C[C@H]3Cc4cccc(C(=O)O)c4OB3O)nn2)cs1. The number of carboxylic acids is 1. The lowest BCUT2D eigenvalue weighted by Crippen LogP contribution is -2.36. The largest absolute Gasteiger partial charge is 0.535 e. The third-order valence-electron chi connectivity index (χ3n) is 4.97. The van der Waals surface area contributed by atoms with Gasteiger partial charge >= 0.3 is 13.1 Å². The van der Waals surface area contributed by atoms with Crippen molar-refractivity contribution in [3.05, 3.63) is 51.8 Å². The molecule has 0 saturated carbocycles. The number of carbonyl (C=O) groups excluding carboxylic acids is 1. The molecule has 0 aliphatic carbocycles. The van der Waals surface area contributed by atoms with Gasteiger partial charge in [0.2, 0.25) is 0 Å². The number of carbonyl (C=O) groups is 2. The van der Waals surface area contributed by atoms with Gasteiger partial charge in [0, 0.05) is 34.6 Å². The zero-order chi connectivity index (χ0) is 21.3. The number of carboxylic acid groups (broad SMARTS) is 1. The van der Waals surface area contributed by atoms with Gasteiger partial charge in [-0.1, -0.05) is 17.3 Å². The fourth-order valence-corrected chi connectivity index (χ4v) is 4.25. The van der Waals surface area contributed by atoms with E-state index in [9.17, 15) is 19.7 Å². The van der Waals surface area contributed by atoms with E-state index in [2.05, 4.69) is 10.3 Å². The molecule has 0 unspecified atom stereocenters. The van der Waals surface area contributed by atoms with E-state index in [-0.39, 0.29) is 30.1 Å². The van der Waals surface area contributed by atoms with Crippen molar-refractivity contribution >= 4 is 30.2 Å². The van der Waals surface area contributed by atoms with Crippen LogP contribution in [0.5, 0.6) is 5.75 Å². The number of aromatic nitrogens is 3. The zero-order valence-electron chi connectivity index (χ0n) is 15.9. The summed E-state index contributed by atoms with van der Waals surface area (Å²) in [6.07, 6.45) is 2.12. The highest BCUT2D eigenvalue weighted by atomic mass is 32.1. The minimum absolute atomic E-state index is 0.00213. The van der Waals surface area contributed by atoms with Crippen molar-refractivity contribution in [2.75, 3.05) is 0 Å². The molecule has 30 heavy (non-hydrogen) atoms. The molecule has 0 amide bonds. The van der Waals surface area contributed by atoms with Crippen LogP contribution in [0.4, 0.5) is 0 Å². The van der Waals surface area contributed by atoms with Crippen molar-refractivity contribution in [3.8, 4) is 17.0 Å². The number of nitrogens with zero attached hydrogens (tertiary/aromatic N) is 3. The molecule has 0 spiro atoms. The fraction of sp³-hybridized carbons (Fsp3) is 0.263. The predicted octanol–water partition coefficient (Wildman–Crippen LogP) is 1.61. The number of fused-ring (bicyclic) bond motifs is 1. The first-order valence-electron chi connectivity index (χ1n) is 9.34. The quantitative estimate of drug-likeness (QED) is 0.484. The number of hydrogen-bond acceptors (Lipinski definition) is 8. The van der Waals surface area contributed by atoms with Gasteiger partial charge in [-0.3, -0.25) is 4.79 Å². The maximum Gasteiger partial charge on any atom is 0.526 e. The van der Waals surface area contributed by atoms with Crippen molar-refractivity contribution in [1.29, 1.82) is 0 Å². The van der Waals surface area contributed by atoms with E-state index in [0.29, 0.717) is 24.2 Å². The lowest BCUT2D eigenvalue weighted by molar-refractivity contribution is -0.120. The van der Waals surface area contributed by atoms with E-state index in [1.807, 2.05) is 11.4 Å². The molecule has 1 aliphatic rings. The average Bonchev–Trinajstić information content (AvgIpc) is 3.37. The Labute approximate surface area is 176 Å². The Hall–Kier alpha value is -3.02. The maximum atomic E-state index is 12.5. The second-order valence-electron chi connectivity index (χ2n) is 7.12. The Morgan fingerprint density at radius 3 is 2.97 bits per heavy atom. The second kappa shape index (κ2) is 8.38. The zero-order valence-corrected chi connectivity index (χ0v) is 16.7. The van der Waals surface area contributed by atoms with Crippen LogP contribution in [0.15, 0.2) is 35.8 Å². The van der Waals surface area contributed by atoms with Crippen LogP contribution in [-0.2, 0) is 24.3 Å². The fourth-order valence-electron chi connectivity index (χ4n) is 3.49. The van der Waals surface area contributed by atoms with Crippen molar-refractivity contribution < 1.29 is 24.4 Å². The average molecular weight is 426 g/mol. The van der Waals surface area contributed by atoms with Gasteiger partial charge < -0.3 is 20.5 Å². The Morgan fingerprint density at radius 1 is 1.40 bits per heavy atom. The van der Waals surface area contributed by atoms with Gasteiger partial charge in [-0.2, -0.15) is 0 Å². The van der Waals surface area contributed by atoms with Gasteiger partial charge in [0.1, 0.15) is 18.0 Å². The number of ketones is 1. The Balaban J connectivity index is 1.41. The first-order valence-corrected chi connectivity index (χ1v) is 10.2. The van der Waals surface area contributed by atoms with Gasteiger partial charge in [0.25, 0.3) is 0 Å². The molecule has 9 nitrogen and oxygen atoms in total. The first-order chi connectivity index (χ1) is 14.4. The standard InChI is InChI=1S/C19H19BN4O5S/c21-7-15-5-12(10-30-15)17-9-24(23-22-17)8-14(25)6-13-4-11-2-1-3-16(19(26)27)18(11)29-20(13)28/h1-3,5,9-10,13,28H,4,6-8,21H2,(H,26,27)/t13-/m1/s1. The lowest BCUT2D eigenvalue weighted by Gasteiger charge is -2.27. The molecule has 154 valence electrons. The van der Waals surface area contributed by atoms with Crippen LogP contribution in [0.2, 0.25) is 5.82 Å². The van der Waals surface area contributed by atoms with Crippen LogP contribution in [0.1, 0.15) is 27.2 Å². The number of hydrogen-bond donors (Lipinski definition) is 3. The molecule has 2 aromatic heterocycles. The van der Waals surface area contributed by atoms with Gasteiger partial charge in [0.05, 0.1) is 11.8 Å². The highest BCUT2D eigenvalue weighted by molar-refractivity contribution is 7.10. The molecule has 3 aromatic rings. The highest BCUT2D eigenvalue weighted by Gasteiger charge is 2.37. The van der Waals surface area contributed by atoms with Crippen molar-refractivity contribution in [2.45, 2.75) is 31.7 Å². The summed E-state index contributed by atoms with van der Waals surface area (Å²) in [5.74, 6) is -1.57. The van der Waals surface area contributed by atoms with Crippen molar-refractivity contribution in [1.82, 2.24) is 15.0 Å². The van der Waals surface area contributed by atoms with E-state index in [4.69, 9.17) is 10.4 Å². The second-order valence-corrected chi connectivity index (χ2v) is 8.12. The van der Waals surface area contributed by atoms with Crippen molar-refractivity contribution in [3.63, 3.8) is 0 Å². The van der Waals surface area contributed by atoms with Crippen LogP contribution >= 0.6 is 11.3 Å². The number of nitrogens with two attached hydrogens (primary N) is 1. The van der Waals surface area contributed by atoms with E-state index in [1.54, 1.807) is 29.7 Å². The van der Waals surface area contributed by atoms with Gasteiger partial charge in [0.15, 0.2) is 5.78 Å². The first kappa shape index (κ1) is 20.3. The van der Waals surface area contributed by atoms with Gasteiger partial charge in [-0.15, -0.1) is 16.4 Å². The number of para-hydroxylation sites is 1. The van der Waals surface area contributed by atoms with E-state index in [0.717, 1.165) is 10.4 Å². The molecule has 0 radical (unpaired) electrons. The Kier molecular flexibility index (Phi) is 5.66. The summed E-state index contributed by atoms with van der Waals surface area (Å²) in [5, 5.41) is 29.6. The molecule has 11 heteroatoms. The van der Waals surface area contributed by atoms with Crippen LogP contribution in [0.25, 0.3) is 11.3 Å². The lowest BCUT2D eigenvalue weighted by atomic mass is 9.64. The van der Waals surface area contributed by atoms with Gasteiger partial charge in [-0.25, -0.2) is 9.48 Å². The number of benzene rings is 1. The normalized spacial score (nSPS) is 15.5. The number of thiophene rings is 1. The molecule has 3 heterocycles. The Bertz CT molecular complexity index is 1100. The number of Topliss-reactive ketones (excluding diaryl/α,β-unsaturated/α-hetero) is 1. The molecule has 0 saturated heterocycles. The summed E-state index contributed by atoms with van der Waals surface area (Å²) >= 11 is 1.54. The van der Waals surface area contributed by atoms with E-state index in [1.165, 1.54) is 10.7 Å². The number of rotatable bonds is 7. The maximum absolute atomic E-state index is 12.5. The van der Waals surface area contributed by atoms with Crippen LogP contribution in [0, 0.1) is 0 Å². The summed E-state index contributed by atoms with van der Waals surface area (Å²) in [7, 11) is -1.26. The van der Waals surface area contributed by atoms with Crippen LogP contribution < -0.4 is 10.4 Å². The summed E-state index contributed by atoms with van der Waals surface area (Å²) in [5.41, 5.74) is 7.85. The molecular formula is C19H19BN4O5S. The number of aromatic carboxylic acids is 1. The monoisotopic (exact) mass is 426 g/mol. The molecule has 0 bridgehead atoms. The molecule has 4 rings (SSSR count). The van der Waals surface area contributed by atoms with E-state index >= 15 is 0 Å². The van der Waals surface area contributed by atoms with Crippen LogP contribution in [-0.4, -0.2) is 44.0 Å². The van der Waals surface area contributed by atoms with Crippen LogP contribution in [0.3, 0.4) is 0 Å². The molecular weight excluding hydrogens is 407 g/mol. The van der Waals surface area contributed by atoms with E-state index < -0.39 is 18.9 Å². The third-order valence-corrected chi connectivity index (χ3v) is 5.93. The minimum Gasteiger partial charge on any atom is -0.535 e. The topological polar surface area (TPSA) is 141 Å². The Morgan fingerprint density at radius 2 is 2.23 bits per heavy atom. The van der Waals surface area contributed by atoms with Crippen molar-refractivity contribution in [2.24, 2.45) is 5.73 Å². The smallest absolute Gasteiger partial charge is 0.526 e. The summed E-state index contributed by atoms with van der Waals surface area (Å²) in [6.45, 7) is 0.478. The molecule has 1 aliphatic heterocycles. The molecule has 0 fully saturated rings.